The molecular weight excluding hydrogens is 311 g/mol. The number of rotatable bonds is 3. The molecule has 3 rings (SSSR count). The van der Waals surface area contributed by atoms with Crippen LogP contribution >= 0.6 is 23.2 Å². The van der Waals surface area contributed by atoms with Crippen LogP contribution in [0.4, 0.5) is 5.69 Å². The van der Waals surface area contributed by atoms with E-state index in [0.29, 0.717) is 16.6 Å². The number of nitro groups is 1. The minimum atomic E-state index is -0.458. The van der Waals surface area contributed by atoms with Crippen LogP contribution < -0.4 is 0 Å². The van der Waals surface area contributed by atoms with Crippen LogP contribution in [0.15, 0.2) is 48.7 Å². The molecule has 4 nitrogen and oxygen atoms in total. The van der Waals surface area contributed by atoms with E-state index in [0.717, 1.165) is 16.5 Å². The predicted octanol–water partition coefficient (Wildman–Crippen LogP) is 4.90. The van der Waals surface area contributed by atoms with Crippen LogP contribution in [-0.2, 0) is 6.54 Å². The first-order chi connectivity index (χ1) is 10.0. The van der Waals surface area contributed by atoms with E-state index in [1.165, 1.54) is 12.1 Å². The fourth-order valence-corrected chi connectivity index (χ4v) is 2.66. The SMILES string of the molecule is O=[N+]([O-])c1ccc(Cn2ccc3ccc(Cl)cc32)c(Cl)c1. The van der Waals surface area contributed by atoms with Gasteiger partial charge >= 0.3 is 0 Å². The van der Waals surface area contributed by atoms with Gasteiger partial charge in [-0.05, 0) is 35.2 Å². The lowest BCUT2D eigenvalue weighted by atomic mass is 10.2. The smallest absolute Gasteiger partial charge is 0.270 e. The standard InChI is InChI=1S/C15H10Cl2N2O2/c16-12-3-1-10-5-6-18(15(10)7-12)9-11-2-4-13(19(20)21)8-14(11)17/h1-8H,9H2. The number of fused-ring (bicyclic) bond motifs is 1. The van der Waals surface area contributed by atoms with Crippen LogP contribution in [0.2, 0.25) is 10.0 Å². The molecule has 0 spiro atoms. The van der Waals surface area contributed by atoms with Gasteiger partial charge in [0.15, 0.2) is 0 Å². The molecule has 21 heavy (non-hydrogen) atoms. The van der Waals surface area contributed by atoms with Gasteiger partial charge in [0.1, 0.15) is 0 Å². The fourth-order valence-electron chi connectivity index (χ4n) is 2.26. The number of hydrogen-bond acceptors (Lipinski definition) is 2. The van der Waals surface area contributed by atoms with Crippen LogP contribution in [0.1, 0.15) is 5.56 Å². The van der Waals surface area contributed by atoms with Crippen LogP contribution in [0.25, 0.3) is 10.9 Å². The van der Waals surface area contributed by atoms with Gasteiger partial charge in [0.05, 0.1) is 9.95 Å². The van der Waals surface area contributed by atoms with E-state index in [4.69, 9.17) is 23.2 Å². The Morgan fingerprint density at radius 3 is 2.62 bits per heavy atom. The molecule has 0 aliphatic rings. The lowest BCUT2D eigenvalue weighted by molar-refractivity contribution is -0.384. The summed E-state index contributed by atoms with van der Waals surface area (Å²) in [6.45, 7) is 0.528. The maximum Gasteiger partial charge on any atom is 0.270 e. The lowest BCUT2D eigenvalue weighted by Crippen LogP contribution is -1.99. The number of non-ortho nitro benzene ring substituents is 1. The van der Waals surface area contributed by atoms with Gasteiger partial charge in [0, 0.05) is 35.4 Å². The molecule has 0 radical (unpaired) electrons. The summed E-state index contributed by atoms with van der Waals surface area (Å²) in [6, 6.07) is 12.2. The Labute approximate surface area is 130 Å². The van der Waals surface area contributed by atoms with Crippen molar-refractivity contribution in [3.63, 3.8) is 0 Å². The number of halogens is 2. The molecule has 0 N–H and O–H groups in total. The fraction of sp³-hybridized carbons (Fsp3) is 0.0667. The first kappa shape index (κ1) is 13.9. The van der Waals surface area contributed by atoms with Crippen LogP contribution in [0, 0.1) is 10.1 Å². The largest absolute Gasteiger partial charge is 0.343 e. The van der Waals surface area contributed by atoms with E-state index in [2.05, 4.69) is 0 Å². The minimum absolute atomic E-state index is 0.0100. The highest BCUT2D eigenvalue weighted by atomic mass is 35.5. The number of aromatic nitrogens is 1. The minimum Gasteiger partial charge on any atom is -0.343 e. The molecule has 106 valence electrons. The van der Waals surface area contributed by atoms with Crippen LogP contribution in [0.3, 0.4) is 0 Å². The zero-order chi connectivity index (χ0) is 15.0. The average Bonchev–Trinajstić information content (AvgIpc) is 2.83. The van der Waals surface area contributed by atoms with Crippen molar-refractivity contribution in [2.45, 2.75) is 6.54 Å². The van der Waals surface area contributed by atoms with E-state index in [-0.39, 0.29) is 5.69 Å². The van der Waals surface area contributed by atoms with Gasteiger partial charge in [-0.3, -0.25) is 10.1 Å². The van der Waals surface area contributed by atoms with Gasteiger partial charge in [-0.1, -0.05) is 29.3 Å². The highest BCUT2D eigenvalue weighted by Gasteiger charge is 2.10. The molecule has 0 unspecified atom stereocenters. The lowest BCUT2D eigenvalue weighted by Gasteiger charge is -2.08. The molecule has 3 aromatic rings. The summed E-state index contributed by atoms with van der Waals surface area (Å²) in [6.07, 6.45) is 1.94. The number of nitrogens with zero attached hydrogens (tertiary/aromatic N) is 2. The number of nitro benzene ring substituents is 1. The van der Waals surface area contributed by atoms with Crippen molar-refractivity contribution in [3.05, 3.63) is 74.4 Å². The summed E-state index contributed by atoms with van der Waals surface area (Å²) < 4.78 is 2.01. The Morgan fingerprint density at radius 2 is 1.90 bits per heavy atom. The van der Waals surface area contributed by atoms with Gasteiger partial charge in [-0.2, -0.15) is 0 Å². The molecule has 0 saturated carbocycles. The second kappa shape index (κ2) is 5.39. The van der Waals surface area contributed by atoms with E-state index in [1.807, 2.05) is 35.0 Å². The third-order valence-corrected chi connectivity index (χ3v) is 3.91. The van der Waals surface area contributed by atoms with Gasteiger partial charge in [0.25, 0.3) is 5.69 Å². The molecule has 0 fully saturated rings. The molecule has 0 saturated heterocycles. The van der Waals surface area contributed by atoms with E-state index >= 15 is 0 Å². The average molecular weight is 321 g/mol. The van der Waals surface area contributed by atoms with E-state index in [1.54, 1.807) is 6.07 Å². The van der Waals surface area contributed by atoms with Gasteiger partial charge in [0.2, 0.25) is 0 Å². The predicted molar refractivity (Wildman–Crippen MR) is 84.2 cm³/mol. The van der Waals surface area contributed by atoms with Crippen molar-refractivity contribution >= 4 is 39.8 Å². The summed E-state index contributed by atoms with van der Waals surface area (Å²) in [5.41, 5.74) is 1.81. The molecule has 1 aromatic heterocycles. The maximum absolute atomic E-state index is 10.7. The number of hydrogen-bond donors (Lipinski definition) is 0. The van der Waals surface area contributed by atoms with E-state index in [9.17, 15) is 10.1 Å². The van der Waals surface area contributed by atoms with Crippen molar-refractivity contribution in [2.24, 2.45) is 0 Å². The Bertz CT molecular complexity index is 843. The Morgan fingerprint density at radius 1 is 1.10 bits per heavy atom. The highest BCUT2D eigenvalue weighted by molar-refractivity contribution is 6.31. The summed E-state index contributed by atoms with van der Waals surface area (Å²) in [5.74, 6) is 0. The van der Waals surface area contributed by atoms with Crippen molar-refractivity contribution in [1.29, 1.82) is 0 Å². The zero-order valence-electron chi connectivity index (χ0n) is 10.8. The number of benzene rings is 2. The zero-order valence-corrected chi connectivity index (χ0v) is 12.3. The van der Waals surface area contributed by atoms with Crippen molar-refractivity contribution in [3.8, 4) is 0 Å². The van der Waals surface area contributed by atoms with Gasteiger partial charge < -0.3 is 4.57 Å². The Balaban J connectivity index is 1.99. The normalized spacial score (nSPS) is 11.0. The molecule has 0 bridgehead atoms. The van der Waals surface area contributed by atoms with E-state index < -0.39 is 4.92 Å². The van der Waals surface area contributed by atoms with Crippen molar-refractivity contribution in [1.82, 2.24) is 4.57 Å². The summed E-state index contributed by atoms with van der Waals surface area (Å²) in [5, 5.41) is 12.8. The molecule has 1 heterocycles. The topological polar surface area (TPSA) is 48.1 Å². The first-order valence-corrected chi connectivity index (χ1v) is 6.97. The Hall–Kier alpha value is -2.04. The monoisotopic (exact) mass is 320 g/mol. The van der Waals surface area contributed by atoms with Crippen LogP contribution in [0.5, 0.6) is 0 Å². The summed E-state index contributed by atoms with van der Waals surface area (Å²) in [4.78, 5) is 10.3. The van der Waals surface area contributed by atoms with Crippen LogP contribution in [-0.4, -0.2) is 9.49 Å². The van der Waals surface area contributed by atoms with Gasteiger partial charge in [-0.25, -0.2) is 0 Å². The molecule has 0 aliphatic heterocycles. The molecule has 2 aromatic carbocycles. The molecule has 0 atom stereocenters. The van der Waals surface area contributed by atoms with Crippen molar-refractivity contribution in [2.75, 3.05) is 0 Å². The second-order valence-electron chi connectivity index (χ2n) is 4.68. The molecule has 6 heteroatoms. The second-order valence-corrected chi connectivity index (χ2v) is 5.52. The van der Waals surface area contributed by atoms with Gasteiger partial charge in [-0.15, -0.1) is 0 Å². The molecular formula is C15H10Cl2N2O2. The molecule has 0 amide bonds. The highest BCUT2D eigenvalue weighted by Crippen LogP contribution is 2.26. The quantitative estimate of drug-likeness (QED) is 0.508. The third-order valence-electron chi connectivity index (χ3n) is 3.32. The summed E-state index contributed by atoms with van der Waals surface area (Å²) >= 11 is 12.2. The maximum atomic E-state index is 10.7. The van der Waals surface area contributed by atoms with Crippen molar-refractivity contribution < 1.29 is 4.92 Å². The molecule has 0 aliphatic carbocycles. The summed E-state index contributed by atoms with van der Waals surface area (Å²) in [7, 11) is 0. The Kier molecular flexibility index (Phi) is 3.57. The first-order valence-electron chi connectivity index (χ1n) is 6.22. The third kappa shape index (κ3) is 2.73.